The van der Waals surface area contributed by atoms with Crippen LogP contribution in [-0.4, -0.2) is 32.6 Å². The predicted octanol–water partition coefficient (Wildman–Crippen LogP) is 2.03. The summed E-state index contributed by atoms with van der Waals surface area (Å²) in [4.78, 5) is 12.1. The number of methoxy groups -OCH3 is 1. The van der Waals surface area contributed by atoms with Gasteiger partial charge in [0.2, 0.25) is 0 Å². The molecule has 1 rings (SSSR count). The van der Waals surface area contributed by atoms with E-state index in [1.807, 2.05) is 20.8 Å². The maximum Gasteiger partial charge on any atom is 0.177 e. The van der Waals surface area contributed by atoms with Gasteiger partial charge in [-0.1, -0.05) is 17.7 Å². The van der Waals surface area contributed by atoms with Crippen LogP contribution in [0.3, 0.4) is 0 Å². The number of ether oxygens (including phenoxy) is 1. The van der Waals surface area contributed by atoms with Gasteiger partial charge in [-0.2, -0.15) is 0 Å². The third kappa shape index (κ3) is 3.95. The van der Waals surface area contributed by atoms with Crippen molar-refractivity contribution in [1.82, 2.24) is 5.32 Å². The second-order valence-electron chi connectivity index (χ2n) is 4.37. The molecular weight excluding hydrogens is 214 g/mol. The van der Waals surface area contributed by atoms with Gasteiger partial charge in [-0.3, -0.25) is 4.79 Å². The number of Topliss-reactive ketones (excluding diaryl/α,β-unsaturated/α-hetero) is 1. The van der Waals surface area contributed by atoms with E-state index in [0.717, 1.165) is 16.7 Å². The first kappa shape index (κ1) is 13.9. The lowest BCUT2D eigenvalue weighted by atomic mass is 9.96. The fourth-order valence-electron chi connectivity index (χ4n) is 2.08. The van der Waals surface area contributed by atoms with Crippen molar-refractivity contribution in [1.29, 1.82) is 0 Å². The molecule has 0 spiro atoms. The van der Waals surface area contributed by atoms with Gasteiger partial charge in [0.05, 0.1) is 13.2 Å². The van der Waals surface area contributed by atoms with Gasteiger partial charge in [0, 0.05) is 19.2 Å². The molecule has 0 heterocycles. The number of ketones is 1. The van der Waals surface area contributed by atoms with Crippen molar-refractivity contribution in [3.05, 3.63) is 34.4 Å². The van der Waals surface area contributed by atoms with Crippen molar-refractivity contribution in [2.75, 3.05) is 26.8 Å². The molecule has 0 unspecified atom stereocenters. The van der Waals surface area contributed by atoms with Crippen LogP contribution in [0.5, 0.6) is 0 Å². The molecule has 0 bridgehead atoms. The molecule has 0 aliphatic heterocycles. The van der Waals surface area contributed by atoms with Gasteiger partial charge in [0.15, 0.2) is 5.78 Å². The summed E-state index contributed by atoms with van der Waals surface area (Å²) in [6, 6.07) is 4.10. The minimum absolute atomic E-state index is 0.149. The van der Waals surface area contributed by atoms with Crippen LogP contribution in [0.15, 0.2) is 12.1 Å². The second-order valence-corrected chi connectivity index (χ2v) is 4.37. The number of rotatable bonds is 6. The van der Waals surface area contributed by atoms with E-state index in [4.69, 9.17) is 4.74 Å². The van der Waals surface area contributed by atoms with Gasteiger partial charge in [-0.15, -0.1) is 0 Å². The maximum atomic E-state index is 12.1. The zero-order valence-corrected chi connectivity index (χ0v) is 11.1. The molecule has 0 saturated carbocycles. The first-order valence-corrected chi connectivity index (χ1v) is 5.87. The molecule has 0 atom stereocenters. The minimum atomic E-state index is 0.149. The number of aryl methyl sites for hydroxylation is 3. The molecule has 1 aromatic rings. The summed E-state index contributed by atoms with van der Waals surface area (Å²) in [7, 11) is 1.65. The molecule has 0 aliphatic rings. The molecule has 0 saturated heterocycles. The van der Waals surface area contributed by atoms with Gasteiger partial charge in [-0.05, 0) is 31.9 Å². The average molecular weight is 235 g/mol. The van der Waals surface area contributed by atoms with Crippen LogP contribution < -0.4 is 5.32 Å². The Balaban J connectivity index is 2.69. The number of carbonyl (C=O) groups is 1. The lowest BCUT2D eigenvalue weighted by molar-refractivity contribution is 0.0986. The average Bonchev–Trinajstić information content (AvgIpc) is 2.23. The maximum absolute atomic E-state index is 12.1. The van der Waals surface area contributed by atoms with Gasteiger partial charge >= 0.3 is 0 Å². The Labute approximate surface area is 103 Å². The van der Waals surface area contributed by atoms with Crippen LogP contribution in [0, 0.1) is 20.8 Å². The standard InChI is InChI=1S/C14H21NO2/c1-10-7-11(2)14(12(3)8-10)13(16)9-15-5-6-17-4/h7-8,15H,5-6,9H2,1-4H3. The smallest absolute Gasteiger partial charge is 0.177 e. The van der Waals surface area contributed by atoms with E-state index in [1.54, 1.807) is 7.11 Å². The van der Waals surface area contributed by atoms with Crippen LogP contribution in [0.2, 0.25) is 0 Å². The lowest BCUT2D eigenvalue weighted by Crippen LogP contribution is -2.27. The Hall–Kier alpha value is -1.19. The molecule has 94 valence electrons. The Morgan fingerprint density at radius 1 is 1.24 bits per heavy atom. The van der Waals surface area contributed by atoms with Crippen LogP contribution in [0.1, 0.15) is 27.0 Å². The quantitative estimate of drug-likeness (QED) is 0.605. The van der Waals surface area contributed by atoms with Gasteiger partial charge in [0.25, 0.3) is 0 Å². The van der Waals surface area contributed by atoms with Crippen molar-refractivity contribution in [3.63, 3.8) is 0 Å². The van der Waals surface area contributed by atoms with Gasteiger partial charge in [0.1, 0.15) is 0 Å². The first-order valence-electron chi connectivity index (χ1n) is 5.87. The lowest BCUT2D eigenvalue weighted by Gasteiger charge is -2.10. The van der Waals surface area contributed by atoms with Crippen LogP contribution in [0.25, 0.3) is 0 Å². The summed E-state index contributed by atoms with van der Waals surface area (Å²) in [5.41, 5.74) is 4.16. The summed E-state index contributed by atoms with van der Waals surface area (Å²) in [5, 5.41) is 3.08. The van der Waals surface area contributed by atoms with Crippen molar-refractivity contribution in [2.24, 2.45) is 0 Å². The number of hydrogen-bond donors (Lipinski definition) is 1. The fourth-order valence-corrected chi connectivity index (χ4v) is 2.08. The summed E-state index contributed by atoms with van der Waals surface area (Å²) in [5.74, 6) is 0.149. The van der Waals surface area contributed by atoms with Crippen molar-refractivity contribution >= 4 is 5.78 Å². The summed E-state index contributed by atoms with van der Waals surface area (Å²) in [6.07, 6.45) is 0. The van der Waals surface area contributed by atoms with E-state index in [-0.39, 0.29) is 5.78 Å². The third-order valence-corrected chi connectivity index (χ3v) is 2.72. The monoisotopic (exact) mass is 235 g/mol. The molecular formula is C14H21NO2. The van der Waals surface area contributed by atoms with Crippen molar-refractivity contribution in [2.45, 2.75) is 20.8 Å². The molecule has 3 nitrogen and oxygen atoms in total. The van der Waals surface area contributed by atoms with E-state index in [1.165, 1.54) is 5.56 Å². The fraction of sp³-hybridized carbons (Fsp3) is 0.500. The van der Waals surface area contributed by atoms with Gasteiger partial charge < -0.3 is 10.1 Å². The summed E-state index contributed by atoms with van der Waals surface area (Å²) in [6.45, 7) is 7.72. The van der Waals surface area contributed by atoms with E-state index in [2.05, 4.69) is 17.4 Å². The second kappa shape index (κ2) is 6.52. The highest BCUT2D eigenvalue weighted by Gasteiger charge is 2.11. The zero-order chi connectivity index (χ0) is 12.8. The number of carbonyl (C=O) groups excluding carboxylic acids is 1. The largest absolute Gasteiger partial charge is 0.383 e. The van der Waals surface area contributed by atoms with Crippen molar-refractivity contribution in [3.8, 4) is 0 Å². The Morgan fingerprint density at radius 3 is 2.35 bits per heavy atom. The first-order chi connectivity index (χ1) is 8.06. The van der Waals surface area contributed by atoms with Gasteiger partial charge in [-0.25, -0.2) is 0 Å². The third-order valence-electron chi connectivity index (χ3n) is 2.72. The molecule has 0 fully saturated rings. The molecule has 17 heavy (non-hydrogen) atoms. The SMILES string of the molecule is COCCNCC(=O)c1c(C)cc(C)cc1C. The molecule has 1 aromatic carbocycles. The highest BCUT2D eigenvalue weighted by Crippen LogP contribution is 2.16. The summed E-state index contributed by atoms with van der Waals surface area (Å²) < 4.78 is 4.92. The highest BCUT2D eigenvalue weighted by molar-refractivity contribution is 6.00. The number of hydrogen-bond acceptors (Lipinski definition) is 3. The molecule has 0 radical (unpaired) electrons. The minimum Gasteiger partial charge on any atom is -0.383 e. The van der Waals surface area contributed by atoms with Crippen molar-refractivity contribution < 1.29 is 9.53 Å². The topological polar surface area (TPSA) is 38.3 Å². The molecule has 1 N–H and O–H groups in total. The molecule has 0 aliphatic carbocycles. The Kier molecular flexibility index (Phi) is 5.32. The molecule has 0 amide bonds. The molecule has 3 heteroatoms. The number of nitrogens with one attached hydrogen (secondary N) is 1. The van der Waals surface area contributed by atoms with Crippen LogP contribution >= 0.6 is 0 Å². The normalized spacial score (nSPS) is 10.6. The van der Waals surface area contributed by atoms with E-state index in [9.17, 15) is 4.79 Å². The number of benzene rings is 1. The van der Waals surface area contributed by atoms with E-state index in [0.29, 0.717) is 19.7 Å². The Morgan fingerprint density at radius 2 is 1.82 bits per heavy atom. The van der Waals surface area contributed by atoms with Crippen LogP contribution in [-0.2, 0) is 4.74 Å². The van der Waals surface area contributed by atoms with E-state index >= 15 is 0 Å². The highest BCUT2D eigenvalue weighted by atomic mass is 16.5. The zero-order valence-electron chi connectivity index (χ0n) is 11.1. The predicted molar refractivity (Wildman–Crippen MR) is 69.7 cm³/mol. The molecule has 0 aromatic heterocycles. The van der Waals surface area contributed by atoms with Crippen LogP contribution in [0.4, 0.5) is 0 Å². The summed E-state index contributed by atoms with van der Waals surface area (Å²) >= 11 is 0. The Bertz CT molecular complexity index is 376. The van der Waals surface area contributed by atoms with E-state index < -0.39 is 0 Å².